The molecule has 0 aliphatic carbocycles. The van der Waals surface area contributed by atoms with Gasteiger partial charge in [-0.2, -0.15) is 13.2 Å². The molecule has 7 heteroatoms. The number of anilines is 1. The van der Waals surface area contributed by atoms with Gasteiger partial charge < -0.3 is 4.90 Å². The molecule has 1 aromatic rings. The van der Waals surface area contributed by atoms with E-state index in [1.165, 1.54) is 24.3 Å². The molecule has 0 aromatic carbocycles. The van der Waals surface area contributed by atoms with Gasteiger partial charge in [-0.05, 0) is 0 Å². The largest absolute Gasteiger partial charge is 0.390 e. The van der Waals surface area contributed by atoms with Crippen molar-refractivity contribution in [2.75, 3.05) is 18.5 Å². The Bertz CT molecular complexity index is 326. The fourth-order valence-corrected chi connectivity index (χ4v) is 1.15. The Labute approximate surface area is 96.3 Å². The second-order valence-corrected chi connectivity index (χ2v) is 3.58. The standard InChI is InChI=1S/C9H11ClF3N3/c1-16(3-2-9(11,12)13)8-14-5-7(4-10)6-15-8/h5-6H,2-4H2,1H3. The molecule has 0 unspecified atom stereocenters. The van der Waals surface area contributed by atoms with Crippen LogP contribution in [0.4, 0.5) is 19.1 Å². The van der Waals surface area contributed by atoms with Crippen LogP contribution in [0.15, 0.2) is 12.4 Å². The van der Waals surface area contributed by atoms with Crippen LogP contribution in [0.1, 0.15) is 12.0 Å². The van der Waals surface area contributed by atoms with Crippen LogP contribution in [0.25, 0.3) is 0 Å². The normalized spacial score (nSPS) is 11.6. The summed E-state index contributed by atoms with van der Waals surface area (Å²) in [6.45, 7) is -0.163. The maximum atomic E-state index is 12.0. The molecule has 16 heavy (non-hydrogen) atoms. The third-order valence-electron chi connectivity index (χ3n) is 1.92. The predicted octanol–water partition coefficient (Wildman–Crippen LogP) is 2.60. The van der Waals surface area contributed by atoms with E-state index >= 15 is 0 Å². The Hall–Kier alpha value is -1.04. The van der Waals surface area contributed by atoms with Crippen LogP contribution in [0, 0.1) is 0 Å². The van der Waals surface area contributed by atoms with E-state index in [-0.39, 0.29) is 18.4 Å². The maximum absolute atomic E-state index is 12.0. The molecular weight excluding hydrogens is 243 g/mol. The van der Waals surface area contributed by atoms with Gasteiger partial charge in [0.25, 0.3) is 0 Å². The van der Waals surface area contributed by atoms with Crippen molar-refractivity contribution in [3.05, 3.63) is 18.0 Å². The molecule has 0 fully saturated rings. The number of halogens is 4. The number of nitrogens with zero attached hydrogens (tertiary/aromatic N) is 3. The lowest BCUT2D eigenvalue weighted by Gasteiger charge is -2.17. The molecule has 1 aromatic heterocycles. The highest BCUT2D eigenvalue weighted by Gasteiger charge is 2.27. The zero-order valence-corrected chi connectivity index (χ0v) is 9.39. The number of rotatable bonds is 4. The molecule has 90 valence electrons. The van der Waals surface area contributed by atoms with Crippen LogP contribution in [0.5, 0.6) is 0 Å². The summed E-state index contributed by atoms with van der Waals surface area (Å²) in [4.78, 5) is 9.18. The molecule has 0 saturated carbocycles. The van der Waals surface area contributed by atoms with E-state index in [0.29, 0.717) is 0 Å². The van der Waals surface area contributed by atoms with Crippen LogP contribution >= 0.6 is 11.6 Å². The minimum atomic E-state index is -4.16. The first kappa shape index (κ1) is 13.0. The molecule has 1 rings (SSSR count). The quantitative estimate of drug-likeness (QED) is 0.773. The second-order valence-electron chi connectivity index (χ2n) is 3.31. The Balaban J connectivity index is 2.56. The van der Waals surface area contributed by atoms with Gasteiger partial charge in [-0.15, -0.1) is 11.6 Å². The first-order chi connectivity index (χ1) is 7.42. The molecular formula is C9H11ClF3N3. The van der Waals surface area contributed by atoms with Crippen molar-refractivity contribution in [2.24, 2.45) is 0 Å². The summed E-state index contributed by atoms with van der Waals surface area (Å²) in [5.74, 6) is 0.546. The lowest BCUT2D eigenvalue weighted by atomic mass is 10.4. The van der Waals surface area contributed by atoms with Gasteiger partial charge >= 0.3 is 6.18 Å². The molecule has 0 bridgehead atoms. The van der Waals surface area contributed by atoms with E-state index in [4.69, 9.17) is 11.6 Å². The number of alkyl halides is 4. The van der Waals surface area contributed by atoms with Gasteiger partial charge in [-0.25, -0.2) is 9.97 Å². The highest BCUT2D eigenvalue weighted by Crippen LogP contribution is 2.20. The SMILES string of the molecule is CN(CCC(F)(F)F)c1ncc(CCl)cn1. The summed E-state index contributed by atoms with van der Waals surface area (Å²) < 4.78 is 35.9. The van der Waals surface area contributed by atoms with E-state index < -0.39 is 12.6 Å². The van der Waals surface area contributed by atoms with Crippen molar-refractivity contribution in [1.29, 1.82) is 0 Å². The fraction of sp³-hybridized carbons (Fsp3) is 0.556. The summed E-state index contributed by atoms with van der Waals surface area (Å²) in [5, 5.41) is 0. The average molecular weight is 254 g/mol. The van der Waals surface area contributed by atoms with Gasteiger partial charge in [0.2, 0.25) is 5.95 Å². The number of aromatic nitrogens is 2. The van der Waals surface area contributed by atoms with Crippen molar-refractivity contribution < 1.29 is 13.2 Å². The highest BCUT2D eigenvalue weighted by atomic mass is 35.5. The third-order valence-corrected chi connectivity index (χ3v) is 2.23. The zero-order chi connectivity index (χ0) is 12.2. The summed E-state index contributed by atoms with van der Waals surface area (Å²) in [7, 11) is 1.52. The van der Waals surface area contributed by atoms with Gasteiger partial charge in [-0.3, -0.25) is 0 Å². The van der Waals surface area contributed by atoms with E-state index in [1.807, 2.05) is 0 Å². The van der Waals surface area contributed by atoms with E-state index in [9.17, 15) is 13.2 Å². The average Bonchev–Trinajstić information content (AvgIpc) is 2.25. The van der Waals surface area contributed by atoms with Crippen LogP contribution in [-0.2, 0) is 5.88 Å². The van der Waals surface area contributed by atoms with Crippen molar-refractivity contribution in [2.45, 2.75) is 18.5 Å². The summed E-state index contributed by atoms with van der Waals surface area (Å²) >= 11 is 5.54. The molecule has 3 nitrogen and oxygen atoms in total. The summed E-state index contributed by atoms with van der Waals surface area (Å²) in [6, 6.07) is 0. The minimum absolute atomic E-state index is 0.163. The van der Waals surface area contributed by atoms with Gasteiger partial charge in [0.05, 0.1) is 12.3 Å². The molecule has 1 heterocycles. The van der Waals surface area contributed by atoms with Gasteiger partial charge in [0.15, 0.2) is 0 Å². The lowest BCUT2D eigenvalue weighted by molar-refractivity contribution is -0.132. The molecule has 0 atom stereocenters. The highest BCUT2D eigenvalue weighted by molar-refractivity contribution is 6.17. The molecule has 0 amide bonds. The lowest BCUT2D eigenvalue weighted by Crippen LogP contribution is -2.25. The summed E-state index contributed by atoms with van der Waals surface area (Å²) in [6.07, 6.45) is -2.05. The Kier molecular flexibility index (Phi) is 4.35. The van der Waals surface area contributed by atoms with Gasteiger partial charge in [0.1, 0.15) is 0 Å². The van der Waals surface area contributed by atoms with Crippen LogP contribution in [0.2, 0.25) is 0 Å². The monoisotopic (exact) mass is 253 g/mol. The molecule has 0 radical (unpaired) electrons. The van der Waals surface area contributed by atoms with Gasteiger partial charge in [-0.1, -0.05) is 0 Å². The maximum Gasteiger partial charge on any atom is 0.390 e. The predicted molar refractivity (Wildman–Crippen MR) is 55.5 cm³/mol. The van der Waals surface area contributed by atoms with Crippen LogP contribution in [0.3, 0.4) is 0 Å². The smallest absolute Gasteiger partial charge is 0.344 e. The molecule has 0 N–H and O–H groups in total. The van der Waals surface area contributed by atoms with Crippen molar-refractivity contribution in [3.63, 3.8) is 0 Å². The van der Waals surface area contributed by atoms with Gasteiger partial charge in [0, 0.05) is 31.5 Å². The van der Waals surface area contributed by atoms with Crippen molar-refractivity contribution >= 4 is 17.5 Å². The first-order valence-corrected chi connectivity index (χ1v) is 5.10. The Morgan fingerprint density at radius 1 is 1.31 bits per heavy atom. The molecule has 0 saturated heterocycles. The third kappa shape index (κ3) is 4.22. The first-order valence-electron chi connectivity index (χ1n) is 4.57. The number of hydrogen-bond donors (Lipinski definition) is 0. The number of hydrogen-bond acceptors (Lipinski definition) is 3. The second kappa shape index (κ2) is 5.34. The molecule has 0 aliphatic rings. The zero-order valence-electron chi connectivity index (χ0n) is 8.63. The molecule has 0 aliphatic heterocycles. The summed E-state index contributed by atoms with van der Waals surface area (Å²) in [5.41, 5.74) is 0.731. The molecule has 0 spiro atoms. The van der Waals surface area contributed by atoms with E-state index in [0.717, 1.165) is 5.56 Å². The van der Waals surface area contributed by atoms with E-state index in [2.05, 4.69) is 9.97 Å². The fourth-order valence-electron chi connectivity index (χ4n) is 1.01. The topological polar surface area (TPSA) is 29.0 Å². The van der Waals surface area contributed by atoms with Crippen molar-refractivity contribution in [1.82, 2.24) is 9.97 Å². The van der Waals surface area contributed by atoms with E-state index in [1.54, 1.807) is 0 Å². The van der Waals surface area contributed by atoms with Crippen molar-refractivity contribution in [3.8, 4) is 0 Å². The Morgan fingerprint density at radius 2 is 1.88 bits per heavy atom. The van der Waals surface area contributed by atoms with Crippen LogP contribution in [-0.4, -0.2) is 29.7 Å². The minimum Gasteiger partial charge on any atom is -0.344 e. The van der Waals surface area contributed by atoms with Crippen LogP contribution < -0.4 is 4.90 Å². The Morgan fingerprint density at radius 3 is 2.31 bits per heavy atom.